The van der Waals surface area contributed by atoms with Crippen LogP contribution < -0.4 is 11.1 Å². The Bertz CT molecular complexity index is 540. The van der Waals surface area contributed by atoms with Crippen LogP contribution in [-0.2, 0) is 0 Å². The van der Waals surface area contributed by atoms with Crippen LogP contribution in [-0.4, -0.2) is 36.6 Å². The maximum atomic E-state index is 14.0. The van der Waals surface area contributed by atoms with E-state index in [-0.39, 0.29) is 21.7 Å². The Hall–Kier alpha value is -1.27. The van der Waals surface area contributed by atoms with Crippen molar-refractivity contribution in [1.29, 1.82) is 0 Å². The fourth-order valence-corrected chi connectivity index (χ4v) is 2.68. The number of nitrogens with one attached hydrogen (secondary N) is 1. The largest absolute Gasteiger partial charge is 0.389 e. The molecule has 116 valence electrons. The van der Waals surface area contributed by atoms with Gasteiger partial charge in [-0.1, -0.05) is 19.1 Å². The first kappa shape index (κ1) is 16.1. The number of nitrogens with zero attached hydrogens (tertiary/aromatic N) is 1. The Morgan fingerprint density at radius 3 is 2.52 bits per heavy atom. The molecule has 1 heterocycles. The van der Waals surface area contributed by atoms with Crippen molar-refractivity contribution in [2.75, 3.05) is 32.0 Å². The molecule has 1 aromatic rings. The first-order valence-electron chi connectivity index (χ1n) is 7.03. The third kappa shape index (κ3) is 3.68. The Kier molecular flexibility index (Phi) is 4.78. The molecule has 6 heteroatoms. The van der Waals surface area contributed by atoms with Gasteiger partial charge in [-0.2, -0.15) is 0 Å². The fraction of sp³-hybridized carbons (Fsp3) is 0.533. The average molecular weight is 313 g/mol. The van der Waals surface area contributed by atoms with Gasteiger partial charge < -0.3 is 16.0 Å². The number of nitrogens with two attached hydrogens (primary N) is 1. The molecule has 0 radical (unpaired) electrons. The van der Waals surface area contributed by atoms with E-state index in [1.807, 2.05) is 0 Å². The second-order valence-electron chi connectivity index (χ2n) is 6.12. The molecule has 1 aliphatic heterocycles. The second kappa shape index (κ2) is 6.23. The second-order valence-corrected chi connectivity index (χ2v) is 6.56. The van der Waals surface area contributed by atoms with E-state index >= 15 is 0 Å². The van der Waals surface area contributed by atoms with Gasteiger partial charge >= 0.3 is 0 Å². The number of anilines is 1. The number of likely N-dealkylation sites (tertiary alicyclic amines) is 1. The van der Waals surface area contributed by atoms with Gasteiger partial charge in [-0.3, -0.25) is 0 Å². The summed E-state index contributed by atoms with van der Waals surface area (Å²) in [6, 6.07) is 2.91. The van der Waals surface area contributed by atoms with Gasteiger partial charge in [0, 0.05) is 12.1 Å². The van der Waals surface area contributed by atoms with E-state index in [0.717, 1.165) is 25.9 Å². The van der Waals surface area contributed by atoms with Gasteiger partial charge in [0.05, 0.1) is 5.69 Å². The van der Waals surface area contributed by atoms with E-state index in [4.69, 9.17) is 18.0 Å². The Labute approximate surface area is 129 Å². The van der Waals surface area contributed by atoms with Gasteiger partial charge in [0.1, 0.15) is 4.99 Å². The zero-order chi connectivity index (χ0) is 15.6. The van der Waals surface area contributed by atoms with Gasteiger partial charge in [0.25, 0.3) is 0 Å². The predicted octanol–water partition coefficient (Wildman–Crippen LogP) is 2.74. The summed E-state index contributed by atoms with van der Waals surface area (Å²) >= 11 is 4.69. The van der Waals surface area contributed by atoms with Gasteiger partial charge in [-0.05, 0) is 50.5 Å². The lowest BCUT2D eigenvalue weighted by atomic mass is 9.80. The van der Waals surface area contributed by atoms with E-state index in [9.17, 15) is 8.78 Å². The van der Waals surface area contributed by atoms with Crippen molar-refractivity contribution in [2.24, 2.45) is 11.1 Å². The lowest BCUT2D eigenvalue weighted by Gasteiger charge is -2.38. The summed E-state index contributed by atoms with van der Waals surface area (Å²) in [6.45, 7) is 4.83. The minimum absolute atomic E-state index is 0.0569. The van der Waals surface area contributed by atoms with Crippen LogP contribution >= 0.6 is 12.2 Å². The molecule has 1 fully saturated rings. The van der Waals surface area contributed by atoms with Crippen molar-refractivity contribution in [1.82, 2.24) is 4.90 Å². The number of hydrogen-bond donors (Lipinski definition) is 2. The van der Waals surface area contributed by atoms with Crippen LogP contribution in [0.3, 0.4) is 0 Å². The molecule has 0 amide bonds. The van der Waals surface area contributed by atoms with E-state index in [1.165, 1.54) is 12.1 Å². The van der Waals surface area contributed by atoms with Crippen molar-refractivity contribution < 1.29 is 8.78 Å². The molecule has 0 aromatic heterocycles. The Morgan fingerprint density at radius 1 is 1.33 bits per heavy atom. The van der Waals surface area contributed by atoms with Gasteiger partial charge in [0.2, 0.25) is 0 Å². The third-order valence-electron chi connectivity index (χ3n) is 4.25. The van der Waals surface area contributed by atoms with E-state index in [2.05, 4.69) is 24.2 Å². The fourth-order valence-electron chi connectivity index (χ4n) is 2.52. The molecule has 0 spiro atoms. The minimum atomic E-state index is -0.985. The van der Waals surface area contributed by atoms with Crippen LogP contribution in [0.2, 0.25) is 0 Å². The van der Waals surface area contributed by atoms with Crippen molar-refractivity contribution in [2.45, 2.75) is 19.8 Å². The maximum Gasteiger partial charge on any atom is 0.182 e. The first-order valence-corrected chi connectivity index (χ1v) is 7.43. The summed E-state index contributed by atoms with van der Waals surface area (Å²) in [5.41, 5.74) is 5.56. The minimum Gasteiger partial charge on any atom is -0.389 e. The lowest BCUT2D eigenvalue weighted by molar-refractivity contribution is 0.150. The maximum absolute atomic E-state index is 14.0. The summed E-state index contributed by atoms with van der Waals surface area (Å²) in [4.78, 5) is 2.14. The van der Waals surface area contributed by atoms with Crippen LogP contribution in [0, 0.1) is 17.0 Å². The number of piperidine rings is 1. The molecular weight excluding hydrogens is 292 g/mol. The average Bonchev–Trinajstić information content (AvgIpc) is 2.44. The van der Waals surface area contributed by atoms with Crippen LogP contribution in [0.4, 0.5) is 14.5 Å². The molecule has 2 rings (SSSR count). The summed E-state index contributed by atoms with van der Waals surface area (Å²) < 4.78 is 27.8. The van der Waals surface area contributed by atoms with Crippen LogP contribution in [0.25, 0.3) is 0 Å². The monoisotopic (exact) mass is 313 g/mol. The molecule has 1 aromatic carbocycles. The molecule has 3 N–H and O–H groups in total. The molecular formula is C15H21F2N3S. The molecule has 1 aliphatic rings. The van der Waals surface area contributed by atoms with Crippen LogP contribution in [0.5, 0.6) is 0 Å². The molecule has 0 bridgehead atoms. The van der Waals surface area contributed by atoms with Gasteiger partial charge in [-0.15, -0.1) is 0 Å². The molecule has 21 heavy (non-hydrogen) atoms. The lowest BCUT2D eigenvalue weighted by Crippen LogP contribution is -2.40. The number of hydrogen-bond acceptors (Lipinski definition) is 3. The molecule has 0 atom stereocenters. The van der Waals surface area contributed by atoms with Crippen molar-refractivity contribution in [3.05, 3.63) is 29.3 Å². The van der Waals surface area contributed by atoms with Crippen molar-refractivity contribution >= 4 is 22.9 Å². The number of rotatable bonds is 4. The Balaban J connectivity index is 2.07. The van der Waals surface area contributed by atoms with Crippen molar-refractivity contribution in [3.8, 4) is 0 Å². The molecule has 3 nitrogen and oxygen atoms in total. The molecule has 0 unspecified atom stereocenters. The summed E-state index contributed by atoms with van der Waals surface area (Å²) in [6.07, 6.45) is 2.07. The number of thiocarbonyl (C=S) groups is 1. The molecule has 0 saturated carbocycles. The number of benzene rings is 1. The quantitative estimate of drug-likeness (QED) is 0.839. The standard InChI is InChI=1S/C15H21F2N3S/c1-15(5-7-20(2)8-6-15)9-19-11-4-3-10(14(18)21)12(16)13(11)17/h3-4,19H,5-9H2,1-2H3,(H2,18,21). The zero-order valence-corrected chi connectivity index (χ0v) is 13.2. The number of halogens is 2. The SMILES string of the molecule is CN1CCC(C)(CNc2ccc(C(N)=S)c(F)c2F)CC1. The van der Waals surface area contributed by atoms with E-state index in [0.29, 0.717) is 6.54 Å². The summed E-state index contributed by atoms with van der Waals surface area (Å²) in [5, 5.41) is 3.03. The topological polar surface area (TPSA) is 41.3 Å². The highest BCUT2D eigenvalue weighted by Gasteiger charge is 2.29. The molecule has 1 saturated heterocycles. The highest BCUT2D eigenvalue weighted by atomic mass is 32.1. The smallest absolute Gasteiger partial charge is 0.182 e. The summed E-state index contributed by atoms with van der Waals surface area (Å²) in [5.74, 6) is -1.90. The zero-order valence-electron chi connectivity index (χ0n) is 12.4. The van der Waals surface area contributed by atoms with Crippen molar-refractivity contribution in [3.63, 3.8) is 0 Å². The predicted molar refractivity (Wildman–Crippen MR) is 85.6 cm³/mol. The highest BCUT2D eigenvalue weighted by molar-refractivity contribution is 7.80. The molecule has 0 aliphatic carbocycles. The first-order chi connectivity index (χ1) is 9.82. The van der Waals surface area contributed by atoms with Gasteiger partial charge in [-0.25, -0.2) is 8.78 Å². The Morgan fingerprint density at radius 2 is 1.95 bits per heavy atom. The van der Waals surface area contributed by atoms with Gasteiger partial charge in [0.15, 0.2) is 11.6 Å². The summed E-state index contributed by atoms with van der Waals surface area (Å²) in [7, 11) is 2.09. The van der Waals surface area contributed by atoms with E-state index in [1.54, 1.807) is 0 Å². The normalized spacial score (nSPS) is 18.5. The third-order valence-corrected chi connectivity index (χ3v) is 4.47. The van der Waals surface area contributed by atoms with Crippen LogP contribution in [0.1, 0.15) is 25.3 Å². The highest BCUT2D eigenvalue weighted by Crippen LogP contribution is 2.31. The van der Waals surface area contributed by atoms with Crippen LogP contribution in [0.15, 0.2) is 12.1 Å². The van der Waals surface area contributed by atoms with E-state index < -0.39 is 11.6 Å².